The number of rotatable bonds is 5. The fourth-order valence-corrected chi connectivity index (χ4v) is 2.52. The van der Waals surface area contributed by atoms with Crippen LogP contribution in [0.3, 0.4) is 0 Å². The van der Waals surface area contributed by atoms with E-state index in [1.54, 1.807) is 6.92 Å². The summed E-state index contributed by atoms with van der Waals surface area (Å²) in [6.07, 6.45) is -0.559. The lowest BCUT2D eigenvalue weighted by Gasteiger charge is -2.18. The summed E-state index contributed by atoms with van der Waals surface area (Å²) >= 11 is 0. The number of amides is 1. The Balaban J connectivity index is 2.09. The number of anilines is 1. The topological polar surface area (TPSA) is 38.3 Å². The lowest BCUT2D eigenvalue weighted by atomic mass is 10.0. The highest BCUT2D eigenvalue weighted by Crippen LogP contribution is 2.24. The molecule has 0 heterocycles. The largest absolute Gasteiger partial charge is 0.481 e. The third-order valence-corrected chi connectivity index (χ3v) is 3.84. The minimum Gasteiger partial charge on any atom is -0.481 e. The highest BCUT2D eigenvalue weighted by molar-refractivity contribution is 5.94. The number of nitrogens with one attached hydrogen (secondary N) is 1. The van der Waals surface area contributed by atoms with Gasteiger partial charge in [-0.3, -0.25) is 4.79 Å². The fourth-order valence-electron chi connectivity index (χ4n) is 2.52. The molecule has 0 spiro atoms. The zero-order valence-electron chi connectivity index (χ0n) is 14.5. The van der Waals surface area contributed by atoms with Gasteiger partial charge >= 0.3 is 0 Å². The van der Waals surface area contributed by atoms with Gasteiger partial charge in [0.05, 0.1) is 0 Å². The van der Waals surface area contributed by atoms with E-state index in [0.717, 1.165) is 22.6 Å². The molecule has 0 radical (unpaired) electrons. The molecular formula is C20H25NO2. The number of aryl methyl sites for hydroxylation is 2. The lowest BCUT2D eigenvalue weighted by molar-refractivity contribution is -0.122. The minimum absolute atomic E-state index is 0.141. The van der Waals surface area contributed by atoms with Gasteiger partial charge in [0.1, 0.15) is 5.75 Å². The summed E-state index contributed by atoms with van der Waals surface area (Å²) in [6, 6.07) is 13.8. The summed E-state index contributed by atoms with van der Waals surface area (Å²) in [6.45, 7) is 10.0. The van der Waals surface area contributed by atoms with Crippen LogP contribution >= 0.6 is 0 Å². The van der Waals surface area contributed by atoms with Crippen molar-refractivity contribution in [3.63, 3.8) is 0 Å². The van der Waals surface area contributed by atoms with Crippen molar-refractivity contribution in [3.8, 4) is 5.75 Å². The first-order valence-electron chi connectivity index (χ1n) is 8.02. The molecule has 122 valence electrons. The van der Waals surface area contributed by atoms with Crippen LogP contribution < -0.4 is 10.1 Å². The van der Waals surface area contributed by atoms with E-state index in [4.69, 9.17) is 4.74 Å². The highest BCUT2D eigenvalue weighted by atomic mass is 16.5. The molecule has 3 heteroatoms. The second-order valence-corrected chi connectivity index (χ2v) is 6.26. The molecule has 0 aliphatic rings. The van der Waals surface area contributed by atoms with Crippen LogP contribution in [0.5, 0.6) is 5.75 Å². The third kappa shape index (κ3) is 4.35. The zero-order chi connectivity index (χ0) is 17.0. The molecule has 1 amide bonds. The van der Waals surface area contributed by atoms with E-state index in [0.29, 0.717) is 5.92 Å². The monoisotopic (exact) mass is 311 g/mol. The molecule has 0 unspecified atom stereocenters. The van der Waals surface area contributed by atoms with Crippen molar-refractivity contribution >= 4 is 11.6 Å². The van der Waals surface area contributed by atoms with Crippen LogP contribution in [-0.2, 0) is 4.79 Å². The molecule has 2 aromatic rings. The second kappa shape index (κ2) is 7.32. The molecular weight excluding hydrogens is 286 g/mol. The predicted molar refractivity (Wildman–Crippen MR) is 95.2 cm³/mol. The summed E-state index contributed by atoms with van der Waals surface area (Å²) in [5.41, 5.74) is 4.19. The molecule has 0 saturated carbocycles. The van der Waals surface area contributed by atoms with Crippen LogP contribution in [0.25, 0.3) is 0 Å². The van der Waals surface area contributed by atoms with E-state index in [-0.39, 0.29) is 5.91 Å². The Hall–Kier alpha value is -2.29. The number of carbonyl (C=O) groups is 1. The Morgan fingerprint density at radius 1 is 1.04 bits per heavy atom. The molecule has 1 atom stereocenters. The predicted octanol–water partition coefficient (Wildman–Crippen LogP) is 4.83. The van der Waals surface area contributed by atoms with Crippen LogP contribution in [0.15, 0.2) is 42.5 Å². The summed E-state index contributed by atoms with van der Waals surface area (Å²) in [5.74, 6) is 0.954. The van der Waals surface area contributed by atoms with Crippen molar-refractivity contribution < 1.29 is 9.53 Å². The number of benzene rings is 2. The van der Waals surface area contributed by atoms with Gasteiger partial charge in [0.2, 0.25) is 0 Å². The number of hydrogen-bond donors (Lipinski definition) is 1. The molecule has 0 aliphatic carbocycles. The third-order valence-electron chi connectivity index (χ3n) is 3.84. The van der Waals surface area contributed by atoms with Crippen molar-refractivity contribution in [3.05, 3.63) is 59.2 Å². The van der Waals surface area contributed by atoms with Gasteiger partial charge in [-0.25, -0.2) is 0 Å². The first kappa shape index (κ1) is 17.1. The van der Waals surface area contributed by atoms with Crippen molar-refractivity contribution in [1.29, 1.82) is 0 Å². The maximum absolute atomic E-state index is 12.4. The Bertz CT molecular complexity index is 692. The van der Waals surface area contributed by atoms with E-state index in [9.17, 15) is 4.79 Å². The summed E-state index contributed by atoms with van der Waals surface area (Å²) < 4.78 is 5.82. The zero-order valence-corrected chi connectivity index (χ0v) is 14.5. The molecule has 0 aromatic heterocycles. The van der Waals surface area contributed by atoms with Crippen LogP contribution in [0.4, 0.5) is 5.69 Å². The van der Waals surface area contributed by atoms with Gasteiger partial charge < -0.3 is 10.1 Å². The summed E-state index contributed by atoms with van der Waals surface area (Å²) in [7, 11) is 0. The van der Waals surface area contributed by atoms with Gasteiger partial charge in [-0.05, 0) is 49.9 Å². The van der Waals surface area contributed by atoms with E-state index in [1.807, 2.05) is 56.3 Å². The average molecular weight is 311 g/mol. The van der Waals surface area contributed by atoms with Crippen LogP contribution in [0.1, 0.15) is 43.4 Å². The quantitative estimate of drug-likeness (QED) is 0.858. The highest BCUT2D eigenvalue weighted by Gasteiger charge is 2.17. The second-order valence-electron chi connectivity index (χ2n) is 6.26. The molecule has 23 heavy (non-hydrogen) atoms. The van der Waals surface area contributed by atoms with Crippen LogP contribution in [0.2, 0.25) is 0 Å². The van der Waals surface area contributed by atoms with E-state index in [2.05, 4.69) is 19.2 Å². The first-order valence-corrected chi connectivity index (χ1v) is 8.02. The summed E-state index contributed by atoms with van der Waals surface area (Å²) in [4.78, 5) is 12.4. The molecule has 1 N–H and O–H groups in total. The number of carbonyl (C=O) groups excluding carboxylic acids is 1. The lowest BCUT2D eigenvalue weighted by Crippen LogP contribution is -2.30. The van der Waals surface area contributed by atoms with Gasteiger partial charge in [-0.2, -0.15) is 0 Å². The Kier molecular flexibility index (Phi) is 5.43. The standard InChI is InChI=1S/C20H25NO2/c1-13(2)17-8-6-7-9-18(17)21-20(22)16(5)23-19-11-10-14(3)12-15(19)4/h6-13,16H,1-5H3,(H,21,22)/t16-/m0/s1. The number of hydrogen-bond acceptors (Lipinski definition) is 2. The molecule has 0 saturated heterocycles. The van der Waals surface area contributed by atoms with E-state index < -0.39 is 6.10 Å². The Labute approximate surface area is 138 Å². The normalized spacial score (nSPS) is 12.1. The van der Waals surface area contributed by atoms with Crippen molar-refractivity contribution in [2.45, 2.75) is 46.6 Å². The number of para-hydroxylation sites is 1. The van der Waals surface area contributed by atoms with E-state index in [1.165, 1.54) is 5.56 Å². The maximum atomic E-state index is 12.4. The Morgan fingerprint density at radius 3 is 2.39 bits per heavy atom. The minimum atomic E-state index is -0.559. The molecule has 2 rings (SSSR count). The summed E-state index contributed by atoms with van der Waals surface area (Å²) in [5, 5.41) is 2.98. The molecule has 0 aliphatic heterocycles. The van der Waals surface area contributed by atoms with Gasteiger partial charge in [0.15, 0.2) is 6.10 Å². The average Bonchev–Trinajstić information content (AvgIpc) is 2.50. The van der Waals surface area contributed by atoms with Crippen molar-refractivity contribution in [2.75, 3.05) is 5.32 Å². The smallest absolute Gasteiger partial charge is 0.265 e. The molecule has 0 fully saturated rings. The fraction of sp³-hybridized carbons (Fsp3) is 0.350. The van der Waals surface area contributed by atoms with Crippen LogP contribution in [0, 0.1) is 13.8 Å². The van der Waals surface area contributed by atoms with E-state index >= 15 is 0 Å². The molecule has 2 aromatic carbocycles. The van der Waals surface area contributed by atoms with Crippen molar-refractivity contribution in [1.82, 2.24) is 0 Å². The number of ether oxygens (including phenoxy) is 1. The van der Waals surface area contributed by atoms with Crippen molar-refractivity contribution in [2.24, 2.45) is 0 Å². The van der Waals surface area contributed by atoms with Crippen LogP contribution in [-0.4, -0.2) is 12.0 Å². The van der Waals surface area contributed by atoms with Gasteiger partial charge in [-0.15, -0.1) is 0 Å². The molecule has 3 nitrogen and oxygen atoms in total. The SMILES string of the molecule is Cc1ccc(O[C@@H](C)C(=O)Nc2ccccc2C(C)C)c(C)c1. The molecule has 0 bridgehead atoms. The Morgan fingerprint density at radius 2 is 1.74 bits per heavy atom. The maximum Gasteiger partial charge on any atom is 0.265 e. The van der Waals surface area contributed by atoms with Gasteiger partial charge in [0.25, 0.3) is 5.91 Å². The van der Waals surface area contributed by atoms with Gasteiger partial charge in [-0.1, -0.05) is 49.7 Å². The van der Waals surface area contributed by atoms with Gasteiger partial charge in [0, 0.05) is 5.69 Å². The first-order chi connectivity index (χ1) is 10.9.